The number of hydrogen-bond acceptors (Lipinski definition) is 2. The Balaban J connectivity index is 1.94. The van der Waals surface area contributed by atoms with Crippen molar-refractivity contribution in [1.82, 2.24) is 0 Å². The van der Waals surface area contributed by atoms with Crippen LogP contribution in [0.1, 0.15) is 19.3 Å². The predicted molar refractivity (Wildman–Crippen MR) is 65.3 cm³/mol. The lowest BCUT2D eigenvalue weighted by Gasteiger charge is -2.13. The van der Waals surface area contributed by atoms with Crippen LogP contribution in [0.2, 0.25) is 0 Å². The van der Waals surface area contributed by atoms with Gasteiger partial charge in [-0.1, -0.05) is 0 Å². The van der Waals surface area contributed by atoms with Crippen molar-refractivity contribution in [2.75, 3.05) is 5.75 Å². The van der Waals surface area contributed by atoms with Crippen molar-refractivity contribution >= 4 is 17.6 Å². The van der Waals surface area contributed by atoms with E-state index in [9.17, 15) is 8.78 Å². The lowest BCUT2D eigenvalue weighted by molar-refractivity contribution is 0.506. The number of halogens is 2. The molecular formula is C12H14F2N2S. The zero-order valence-electron chi connectivity index (χ0n) is 9.30. The van der Waals surface area contributed by atoms with Gasteiger partial charge in [-0.2, -0.15) is 0 Å². The Labute approximate surface area is 103 Å². The molecule has 0 unspecified atom stereocenters. The highest BCUT2D eigenvalue weighted by atomic mass is 32.2. The number of thioether (sulfide) groups is 1. The highest BCUT2D eigenvalue weighted by molar-refractivity contribution is 7.99. The van der Waals surface area contributed by atoms with Crippen LogP contribution in [0.3, 0.4) is 0 Å². The maximum Gasteiger partial charge on any atom is 0.159 e. The topological polar surface area (TPSA) is 49.9 Å². The lowest BCUT2D eigenvalue weighted by Crippen LogP contribution is -2.18. The minimum Gasteiger partial charge on any atom is -0.388 e. The van der Waals surface area contributed by atoms with Crippen molar-refractivity contribution in [3.63, 3.8) is 0 Å². The average Bonchev–Trinajstić information content (AvgIpc) is 2.99. The Bertz CT molecular complexity index is 444. The predicted octanol–water partition coefficient (Wildman–Crippen LogP) is 3.16. The third-order valence-electron chi connectivity index (χ3n) is 2.96. The Hall–Kier alpha value is -1.10. The largest absolute Gasteiger partial charge is 0.388 e. The molecule has 0 atom stereocenters. The van der Waals surface area contributed by atoms with Gasteiger partial charge in [-0.15, -0.1) is 11.8 Å². The van der Waals surface area contributed by atoms with Gasteiger partial charge in [0.1, 0.15) is 0 Å². The van der Waals surface area contributed by atoms with Crippen LogP contribution in [0.4, 0.5) is 8.78 Å². The molecule has 17 heavy (non-hydrogen) atoms. The van der Waals surface area contributed by atoms with Gasteiger partial charge < -0.3 is 5.73 Å². The van der Waals surface area contributed by atoms with Gasteiger partial charge >= 0.3 is 0 Å². The molecule has 0 amide bonds. The summed E-state index contributed by atoms with van der Waals surface area (Å²) in [5.74, 6) is -0.628. The molecule has 1 aromatic rings. The summed E-state index contributed by atoms with van der Waals surface area (Å²) in [6.45, 7) is 0. The van der Waals surface area contributed by atoms with E-state index in [2.05, 4.69) is 0 Å². The zero-order chi connectivity index (χ0) is 12.5. The average molecular weight is 256 g/mol. The van der Waals surface area contributed by atoms with Crippen molar-refractivity contribution in [1.29, 1.82) is 5.41 Å². The molecule has 1 aliphatic rings. The zero-order valence-corrected chi connectivity index (χ0v) is 10.1. The number of amidine groups is 1. The molecule has 0 aliphatic heterocycles. The highest BCUT2D eigenvalue weighted by Gasteiger charge is 2.42. The first kappa shape index (κ1) is 12.4. The minimum absolute atomic E-state index is 0.112. The third kappa shape index (κ3) is 3.19. The van der Waals surface area contributed by atoms with Crippen LogP contribution in [-0.4, -0.2) is 11.6 Å². The van der Waals surface area contributed by atoms with Crippen molar-refractivity contribution in [3.8, 4) is 0 Å². The van der Waals surface area contributed by atoms with E-state index in [0.29, 0.717) is 6.42 Å². The Morgan fingerprint density at radius 2 is 2.06 bits per heavy atom. The molecule has 3 N–H and O–H groups in total. The van der Waals surface area contributed by atoms with Crippen molar-refractivity contribution < 1.29 is 8.78 Å². The van der Waals surface area contributed by atoms with E-state index in [1.54, 1.807) is 6.07 Å². The van der Waals surface area contributed by atoms with Gasteiger partial charge in [0.05, 0.1) is 5.84 Å². The second-order valence-electron chi connectivity index (χ2n) is 4.57. The molecule has 0 spiro atoms. The molecule has 92 valence electrons. The number of hydrogen-bond donors (Lipinski definition) is 2. The van der Waals surface area contributed by atoms with E-state index >= 15 is 0 Å². The molecule has 0 saturated heterocycles. The van der Waals surface area contributed by atoms with Crippen LogP contribution in [0, 0.1) is 22.5 Å². The first-order valence-corrected chi connectivity index (χ1v) is 6.40. The number of rotatable bonds is 5. The van der Waals surface area contributed by atoms with Crippen molar-refractivity contribution in [2.45, 2.75) is 24.2 Å². The summed E-state index contributed by atoms with van der Waals surface area (Å²) in [4.78, 5) is 0.721. The maximum atomic E-state index is 13.0. The summed E-state index contributed by atoms with van der Waals surface area (Å²) in [7, 11) is 0. The molecule has 1 aliphatic carbocycles. The van der Waals surface area contributed by atoms with Gasteiger partial charge in [0, 0.05) is 17.1 Å². The monoisotopic (exact) mass is 256 g/mol. The maximum absolute atomic E-state index is 13.0. The molecule has 2 nitrogen and oxygen atoms in total. The summed E-state index contributed by atoms with van der Waals surface area (Å²) in [5.41, 5.74) is 5.51. The summed E-state index contributed by atoms with van der Waals surface area (Å²) < 4.78 is 25.7. The van der Waals surface area contributed by atoms with E-state index in [1.807, 2.05) is 0 Å². The molecule has 5 heteroatoms. The fourth-order valence-corrected chi connectivity index (χ4v) is 2.97. The van der Waals surface area contributed by atoms with Gasteiger partial charge in [0.15, 0.2) is 11.6 Å². The Morgan fingerprint density at radius 1 is 1.35 bits per heavy atom. The second-order valence-corrected chi connectivity index (χ2v) is 5.62. The molecule has 0 heterocycles. The van der Waals surface area contributed by atoms with Crippen LogP contribution in [0.25, 0.3) is 0 Å². The summed E-state index contributed by atoms with van der Waals surface area (Å²) >= 11 is 1.50. The van der Waals surface area contributed by atoms with Crippen molar-refractivity contribution in [2.24, 2.45) is 11.1 Å². The van der Waals surface area contributed by atoms with Gasteiger partial charge in [-0.05, 0) is 36.5 Å². The molecule has 1 fully saturated rings. The van der Waals surface area contributed by atoms with E-state index < -0.39 is 11.6 Å². The number of benzene rings is 1. The van der Waals surface area contributed by atoms with E-state index in [4.69, 9.17) is 11.1 Å². The number of nitrogens with one attached hydrogen (secondary N) is 1. The summed E-state index contributed by atoms with van der Waals surface area (Å²) in [6.07, 6.45) is 2.72. The van der Waals surface area contributed by atoms with E-state index in [1.165, 1.54) is 17.8 Å². The van der Waals surface area contributed by atoms with Gasteiger partial charge in [0.25, 0.3) is 0 Å². The fraction of sp³-hybridized carbons (Fsp3) is 0.417. The Kier molecular flexibility index (Phi) is 3.38. The summed E-state index contributed by atoms with van der Waals surface area (Å²) in [5, 5.41) is 7.29. The standard InChI is InChI=1S/C12H14F2N2S/c13-9-2-1-8(5-10(9)14)17-7-12(3-4-12)6-11(15)16/h1-2,5H,3-4,6-7H2,(H3,15,16). The Morgan fingerprint density at radius 3 is 2.59 bits per heavy atom. The molecule has 0 aromatic heterocycles. The highest BCUT2D eigenvalue weighted by Crippen LogP contribution is 2.51. The van der Waals surface area contributed by atoms with Crippen LogP contribution in [0.15, 0.2) is 23.1 Å². The SMILES string of the molecule is N=C(N)CC1(CSc2ccc(F)c(F)c2)CC1. The molecule has 2 rings (SSSR count). The van der Waals surface area contributed by atoms with Gasteiger partial charge in [-0.3, -0.25) is 5.41 Å². The second kappa shape index (κ2) is 4.64. The first-order chi connectivity index (χ1) is 8.01. The van der Waals surface area contributed by atoms with E-state index in [-0.39, 0.29) is 11.3 Å². The molecule has 1 aromatic carbocycles. The minimum atomic E-state index is -0.820. The van der Waals surface area contributed by atoms with Gasteiger partial charge in [-0.25, -0.2) is 8.78 Å². The number of nitrogens with two attached hydrogens (primary N) is 1. The van der Waals surface area contributed by atoms with Gasteiger partial charge in [0.2, 0.25) is 0 Å². The van der Waals surface area contributed by atoms with Crippen LogP contribution >= 0.6 is 11.8 Å². The molecular weight excluding hydrogens is 242 g/mol. The van der Waals surface area contributed by atoms with Crippen LogP contribution in [-0.2, 0) is 0 Å². The van der Waals surface area contributed by atoms with Crippen molar-refractivity contribution in [3.05, 3.63) is 29.8 Å². The lowest BCUT2D eigenvalue weighted by atomic mass is 10.1. The van der Waals surface area contributed by atoms with E-state index in [0.717, 1.165) is 29.6 Å². The quantitative estimate of drug-likeness (QED) is 0.483. The third-order valence-corrected chi connectivity index (χ3v) is 4.30. The normalized spacial score (nSPS) is 16.8. The fourth-order valence-electron chi connectivity index (χ4n) is 1.76. The smallest absolute Gasteiger partial charge is 0.159 e. The molecule has 1 saturated carbocycles. The van der Waals surface area contributed by atoms with Crippen LogP contribution < -0.4 is 5.73 Å². The van der Waals surface area contributed by atoms with Crippen LogP contribution in [0.5, 0.6) is 0 Å². The molecule has 0 bridgehead atoms. The molecule has 0 radical (unpaired) electrons. The summed E-state index contributed by atoms with van der Waals surface area (Å²) in [6, 6.07) is 3.93. The first-order valence-electron chi connectivity index (χ1n) is 5.42.